The zero-order valence-electron chi connectivity index (χ0n) is 9.30. The average molecular weight is 203 g/mol. The van der Waals surface area contributed by atoms with Gasteiger partial charge in [0.25, 0.3) is 0 Å². The Hall–Kier alpha value is -1.35. The summed E-state index contributed by atoms with van der Waals surface area (Å²) in [5.41, 5.74) is 11.3. The zero-order valence-corrected chi connectivity index (χ0v) is 9.30. The van der Waals surface area contributed by atoms with E-state index in [4.69, 9.17) is 5.73 Å². The fourth-order valence-electron chi connectivity index (χ4n) is 1.95. The van der Waals surface area contributed by atoms with Crippen LogP contribution >= 0.6 is 0 Å². The van der Waals surface area contributed by atoms with Gasteiger partial charge in [-0.05, 0) is 38.5 Å². The molecule has 1 aromatic heterocycles. The summed E-state index contributed by atoms with van der Waals surface area (Å²) in [6.07, 6.45) is 3.34. The van der Waals surface area contributed by atoms with Gasteiger partial charge in [-0.25, -0.2) is 0 Å². The van der Waals surface area contributed by atoms with Gasteiger partial charge in [0.2, 0.25) is 0 Å². The summed E-state index contributed by atoms with van der Waals surface area (Å²) in [7, 11) is 0. The summed E-state index contributed by atoms with van der Waals surface area (Å²) < 4.78 is 0. The number of nitrogens with zero attached hydrogens (tertiary/aromatic N) is 1. The Morgan fingerprint density at radius 1 is 1.40 bits per heavy atom. The van der Waals surface area contributed by atoms with Crippen LogP contribution < -0.4 is 11.1 Å². The number of anilines is 1. The van der Waals surface area contributed by atoms with Crippen molar-refractivity contribution in [3.63, 3.8) is 0 Å². The van der Waals surface area contributed by atoms with Crippen molar-refractivity contribution in [3.05, 3.63) is 29.1 Å². The number of aromatic nitrogens is 1. The maximum Gasteiger partial charge on any atom is 0.0611 e. The van der Waals surface area contributed by atoms with E-state index in [0.717, 1.165) is 42.1 Å². The molecule has 3 nitrogen and oxygen atoms in total. The van der Waals surface area contributed by atoms with Crippen LogP contribution in [0.5, 0.6) is 0 Å². The van der Waals surface area contributed by atoms with Crippen LogP contribution in [-0.2, 0) is 0 Å². The first-order chi connectivity index (χ1) is 7.18. The van der Waals surface area contributed by atoms with Crippen LogP contribution in [0.2, 0.25) is 0 Å². The molecule has 0 unspecified atom stereocenters. The third kappa shape index (κ3) is 2.02. The number of rotatable bonds is 1. The summed E-state index contributed by atoms with van der Waals surface area (Å²) in [6.45, 7) is 5.94. The molecule has 1 aliphatic rings. The smallest absolute Gasteiger partial charge is 0.0611 e. The first kappa shape index (κ1) is 10.2. The topological polar surface area (TPSA) is 50.9 Å². The van der Waals surface area contributed by atoms with Crippen molar-refractivity contribution >= 4 is 11.3 Å². The molecule has 0 aliphatic carbocycles. The number of hydrogen-bond acceptors (Lipinski definition) is 3. The fourth-order valence-corrected chi connectivity index (χ4v) is 1.95. The summed E-state index contributed by atoms with van der Waals surface area (Å²) in [5.74, 6) is 0. The molecular formula is C12H17N3. The van der Waals surface area contributed by atoms with Crippen molar-refractivity contribution in [1.82, 2.24) is 10.3 Å². The first-order valence-electron chi connectivity index (χ1n) is 5.32. The third-order valence-corrected chi connectivity index (χ3v) is 2.75. The number of nitrogens with one attached hydrogen (secondary N) is 1. The lowest BCUT2D eigenvalue weighted by atomic mass is 10.00. The molecule has 0 saturated heterocycles. The highest BCUT2D eigenvalue weighted by Gasteiger charge is 2.11. The van der Waals surface area contributed by atoms with Gasteiger partial charge in [-0.3, -0.25) is 4.98 Å². The van der Waals surface area contributed by atoms with Gasteiger partial charge in [0.15, 0.2) is 0 Å². The summed E-state index contributed by atoms with van der Waals surface area (Å²) >= 11 is 0. The average Bonchev–Trinajstić information content (AvgIpc) is 2.24. The fraction of sp³-hybridized carbons (Fsp3) is 0.417. The van der Waals surface area contributed by atoms with Gasteiger partial charge in [0.1, 0.15) is 0 Å². The van der Waals surface area contributed by atoms with E-state index in [1.165, 1.54) is 5.57 Å². The van der Waals surface area contributed by atoms with Gasteiger partial charge in [0.05, 0.1) is 11.4 Å². The van der Waals surface area contributed by atoms with Crippen molar-refractivity contribution in [2.24, 2.45) is 0 Å². The van der Waals surface area contributed by atoms with Crippen molar-refractivity contribution in [3.8, 4) is 0 Å². The van der Waals surface area contributed by atoms with Gasteiger partial charge >= 0.3 is 0 Å². The molecule has 2 rings (SSSR count). The minimum absolute atomic E-state index is 0.815. The zero-order chi connectivity index (χ0) is 10.8. The summed E-state index contributed by atoms with van der Waals surface area (Å²) in [5, 5.41) is 3.36. The lowest BCUT2D eigenvalue weighted by molar-refractivity contribution is 0.739. The highest BCUT2D eigenvalue weighted by Crippen LogP contribution is 2.25. The van der Waals surface area contributed by atoms with Gasteiger partial charge in [0, 0.05) is 17.8 Å². The highest BCUT2D eigenvalue weighted by atomic mass is 14.9. The second kappa shape index (κ2) is 4.03. The number of pyridine rings is 1. The number of aryl methyl sites for hydroxylation is 2. The van der Waals surface area contributed by atoms with E-state index in [1.54, 1.807) is 0 Å². The molecule has 0 bridgehead atoms. The Labute approximate surface area is 90.4 Å². The van der Waals surface area contributed by atoms with E-state index in [1.807, 2.05) is 13.8 Å². The molecular weight excluding hydrogens is 186 g/mol. The molecule has 15 heavy (non-hydrogen) atoms. The largest absolute Gasteiger partial charge is 0.397 e. The van der Waals surface area contributed by atoms with Gasteiger partial charge < -0.3 is 11.1 Å². The van der Waals surface area contributed by atoms with E-state index in [9.17, 15) is 0 Å². The van der Waals surface area contributed by atoms with Gasteiger partial charge in [-0.15, -0.1) is 0 Å². The molecule has 2 heterocycles. The van der Waals surface area contributed by atoms with E-state index in [0.29, 0.717) is 0 Å². The molecule has 3 heteroatoms. The maximum atomic E-state index is 6.05. The van der Waals surface area contributed by atoms with Gasteiger partial charge in [-0.1, -0.05) is 6.08 Å². The molecule has 0 saturated carbocycles. The summed E-state index contributed by atoms with van der Waals surface area (Å²) in [6, 6.07) is 2.07. The SMILES string of the molecule is Cc1cc(C2=CCCNC2)c(N)c(C)n1. The minimum Gasteiger partial charge on any atom is -0.397 e. The maximum absolute atomic E-state index is 6.05. The first-order valence-corrected chi connectivity index (χ1v) is 5.32. The molecule has 1 aliphatic heterocycles. The van der Waals surface area contributed by atoms with Crippen LogP contribution in [-0.4, -0.2) is 18.1 Å². The normalized spacial score (nSPS) is 16.3. The molecule has 0 fully saturated rings. The summed E-state index contributed by atoms with van der Waals surface area (Å²) in [4.78, 5) is 4.36. The number of nitrogen functional groups attached to an aromatic ring is 1. The Kier molecular flexibility index (Phi) is 2.73. The second-order valence-electron chi connectivity index (χ2n) is 4.01. The third-order valence-electron chi connectivity index (χ3n) is 2.75. The molecule has 0 aromatic carbocycles. The monoisotopic (exact) mass is 203 g/mol. The molecule has 1 aromatic rings. The Morgan fingerprint density at radius 3 is 2.87 bits per heavy atom. The molecule has 0 amide bonds. The molecule has 3 N–H and O–H groups in total. The molecule has 0 radical (unpaired) electrons. The van der Waals surface area contributed by atoms with E-state index in [2.05, 4.69) is 22.4 Å². The quantitative estimate of drug-likeness (QED) is 0.729. The van der Waals surface area contributed by atoms with Crippen LogP contribution in [0.1, 0.15) is 23.4 Å². The minimum atomic E-state index is 0.815. The van der Waals surface area contributed by atoms with Crippen LogP contribution in [0.15, 0.2) is 12.1 Å². The van der Waals surface area contributed by atoms with E-state index < -0.39 is 0 Å². The van der Waals surface area contributed by atoms with Crippen molar-refractivity contribution in [2.45, 2.75) is 20.3 Å². The highest BCUT2D eigenvalue weighted by molar-refractivity contribution is 5.77. The second-order valence-corrected chi connectivity index (χ2v) is 4.01. The lowest BCUT2D eigenvalue weighted by Crippen LogP contribution is -2.22. The van der Waals surface area contributed by atoms with Crippen LogP contribution in [0.3, 0.4) is 0 Å². The van der Waals surface area contributed by atoms with Gasteiger partial charge in [-0.2, -0.15) is 0 Å². The van der Waals surface area contributed by atoms with E-state index >= 15 is 0 Å². The molecule has 0 spiro atoms. The number of hydrogen-bond donors (Lipinski definition) is 2. The molecule has 80 valence electrons. The number of nitrogens with two attached hydrogens (primary N) is 1. The Balaban J connectivity index is 2.46. The van der Waals surface area contributed by atoms with Crippen LogP contribution in [0, 0.1) is 13.8 Å². The standard InChI is InChI=1S/C12H17N3/c1-8-6-11(12(13)9(2)15-8)10-4-3-5-14-7-10/h4,6,14H,3,5,7,13H2,1-2H3. The van der Waals surface area contributed by atoms with Crippen molar-refractivity contribution in [1.29, 1.82) is 0 Å². The predicted molar refractivity (Wildman–Crippen MR) is 63.6 cm³/mol. The predicted octanol–water partition coefficient (Wildman–Crippen LogP) is 1.66. The van der Waals surface area contributed by atoms with E-state index in [-0.39, 0.29) is 0 Å². The Morgan fingerprint density at radius 2 is 2.20 bits per heavy atom. The van der Waals surface area contributed by atoms with Crippen molar-refractivity contribution < 1.29 is 0 Å². The Bertz CT molecular complexity index is 408. The van der Waals surface area contributed by atoms with Crippen molar-refractivity contribution in [2.75, 3.05) is 18.8 Å². The lowest BCUT2D eigenvalue weighted by Gasteiger charge is -2.17. The van der Waals surface area contributed by atoms with Crippen LogP contribution in [0.25, 0.3) is 5.57 Å². The molecule has 0 atom stereocenters. The van der Waals surface area contributed by atoms with Crippen LogP contribution in [0.4, 0.5) is 5.69 Å².